The van der Waals surface area contributed by atoms with Crippen LogP contribution in [0.1, 0.15) is 63.0 Å². The molecule has 0 aliphatic carbocycles. The molecular formula is C22H27NO3. The van der Waals surface area contributed by atoms with Gasteiger partial charge >= 0.3 is 6.09 Å². The number of amides is 2. The normalized spacial score (nSPS) is 11.8. The average Bonchev–Trinajstić information content (AvgIpc) is 2.53. The lowest BCUT2D eigenvalue weighted by Crippen LogP contribution is -2.33. The third-order valence-corrected chi connectivity index (χ3v) is 4.10. The van der Waals surface area contributed by atoms with Gasteiger partial charge in [0.2, 0.25) is 0 Å². The van der Waals surface area contributed by atoms with Crippen molar-refractivity contribution in [1.29, 1.82) is 0 Å². The predicted molar refractivity (Wildman–Crippen MR) is 104 cm³/mol. The van der Waals surface area contributed by atoms with Crippen LogP contribution in [0, 0.1) is 0 Å². The van der Waals surface area contributed by atoms with Crippen LogP contribution in [0.4, 0.5) is 4.79 Å². The van der Waals surface area contributed by atoms with Gasteiger partial charge in [-0.25, -0.2) is 4.79 Å². The number of hydrogen-bond donors (Lipinski definition) is 1. The van der Waals surface area contributed by atoms with E-state index in [1.54, 1.807) is 30.3 Å². The van der Waals surface area contributed by atoms with Gasteiger partial charge in [-0.1, -0.05) is 65.8 Å². The number of nitrogens with one attached hydrogen (secondary N) is 1. The number of carbonyl (C=O) groups is 2. The molecule has 2 amide bonds. The summed E-state index contributed by atoms with van der Waals surface area (Å²) in [5.74, 6) is -0.0562. The molecule has 0 aliphatic rings. The molecule has 0 unspecified atom stereocenters. The highest BCUT2D eigenvalue weighted by atomic mass is 16.6. The molecule has 4 nitrogen and oxygen atoms in total. The average molecular weight is 353 g/mol. The number of hydrogen-bond acceptors (Lipinski definition) is 3. The van der Waals surface area contributed by atoms with E-state index < -0.39 is 12.0 Å². The fourth-order valence-electron chi connectivity index (χ4n) is 2.41. The summed E-state index contributed by atoms with van der Waals surface area (Å²) in [6.07, 6.45) is -0.787. The Labute approximate surface area is 155 Å². The van der Waals surface area contributed by atoms with Gasteiger partial charge in [-0.3, -0.25) is 10.1 Å². The quantitative estimate of drug-likeness (QED) is 0.806. The Morgan fingerprint density at radius 3 is 1.77 bits per heavy atom. The number of rotatable bonds is 2. The van der Waals surface area contributed by atoms with E-state index in [9.17, 15) is 9.59 Å². The molecule has 0 saturated heterocycles. The van der Waals surface area contributed by atoms with Crippen molar-refractivity contribution < 1.29 is 14.3 Å². The molecule has 26 heavy (non-hydrogen) atoms. The van der Waals surface area contributed by atoms with E-state index in [1.165, 1.54) is 0 Å². The molecular weight excluding hydrogens is 326 g/mol. The summed E-state index contributed by atoms with van der Waals surface area (Å²) < 4.78 is 5.41. The zero-order chi connectivity index (χ0) is 19.5. The van der Waals surface area contributed by atoms with Crippen molar-refractivity contribution >= 4 is 12.0 Å². The number of imide groups is 1. The predicted octanol–water partition coefficient (Wildman–Crippen LogP) is 5.21. The monoisotopic (exact) mass is 353 g/mol. The Morgan fingerprint density at radius 2 is 1.31 bits per heavy atom. The van der Waals surface area contributed by atoms with Crippen molar-refractivity contribution in [2.75, 3.05) is 0 Å². The van der Waals surface area contributed by atoms with Crippen molar-refractivity contribution in [2.24, 2.45) is 0 Å². The highest BCUT2D eigenvalue weighted by Gasteiger charge is 2.22. The maximum absolute atomic E-state index is 12.2. The maximum Gasteiger partial charge on any atom is 0.419 e. The van der Waals surface area contributed by atoms with Crippen molar-refractivity contribution in [3.05, 3.63) is 65.2 Å². The van der Waals surface area contributed by atoms with Gasteiger partial charge in [0.15, 0.2) is 0 Å². The smallest absolute Gasteiger partial charge is 0.410 e. The fourth-order valence-corrected chi connectivity index (χ4v) is 2.41. The Balaban J connectivity index is 2.22. The van der Waals surface area contributed by atoms with Crippen LogP contribution in [-0.4, -0.2) is 12.0 Å². The molecule has 138 valence electrons. The minimum Gasteiger partial charge on any atom is -0.410 e. The molecule has 2 rings (SSSR count). The SMILES string of the molecule is CC(C)(C)c1cc(OC(=O)NC(=O)c2ccccc2)cc(C(C)(C)C)c1. The van der Waals surface area contributed by atoms with Gasteiger partial charge in [0, 0.05) is 5.56 Å². The summed E-state index contributed by atoms with van der Waals surface area (Å²) in [4.78, 5) is 24.2. The third kappa shape index (κ3) is 5.19. The van der Waals surface area contributed by atoms with Crippen molar-refractivity contribution in [1.82, 2.24) is 5.32 Å². The molecule has 0 aliphatic heterocycles. The second-order valence-corrected chi connectivity index (χ2v) is 8.46. The first-order valence-corrected chi connectivity index (χ1v) is 8.71. The largest absolute Gasteiger partial charge is 0.419 e. The van der Waals surface area contributed by atoms with E-state index in [0.717, 1.165) is 11.1 Å². The maximum atomic E-state index is 12.2. The zero-order valence-electron chi connectivity index (χ0n) is 16.3. The molecule has 4 heteroatoms. The van der Waals surface area contributed by atoms with E-state index in [1.807, 2.05) is 12.1 Å². The molecule has 0 aromatic heterocycles. The Hall–Kier alpha value is -2.62. The van der Waals surface area contributed by atoms with Crippen molar-refractivity contribution in [3.63, 3.8) is 0 Å². The number of ether oxygens (including phenoxy) is 1. The fraction of sp³-hybridized carbons (Fsp3) is 0.364. The summed E-state index contributed by atoms with van der Waals surface area (Å²) in [7, 11) is 0. The van der Waals surface area contributed by atoms with Crippen LogP contribution >= 0.6 is 0 Å². The van der Waals surface area contributed by atoms with Crippen LogP contribution in [0.3, 0.4) is 0 Å². The Bertz CT molecular complexity index is 764. The van der Waals surface area contributed by atoms with Gasteiger partial charge in [-0.05, 0) is 46.2 Å². The lowest BCUT2D eigenvalue weighted by Gasteiger charge is -2.25. The number of benzene rings is 2. The minimum absolute atomic E-state index is 0.0876. The molecule has 0 heterocycles. The van der Waals surface area contributed by atoms with Crippen molar-refractivity contribution in [2.45, 2.75) is 52.4 Å². The van der Waals surface area contributed by atoms with Gasteiger partial charge < -0.3 is 4.74 Å². The van der Waals surface area contributed by atoms with Gasteiger partial charge in [0.25, 0.3) is 5.91 Å². The van der Waals surface area contributed by atoms with E-state index in [4.69, 9.17) is 4.74 Å². The summed E-state index contributed by atoms with van der Waals surface area (Å²) >= 11 is 0. The van der Waals surface area contributed by atoms with E-state index in [-0.39, 0.29) is 10.8 Å². The van der Waals surface area contributed by atoms with Gasteiger partial charge in [-0.15, -0.1) is 0 Å². The van der Waals surface area contributed by atoms with E-state index >= 15 is 0 Å². The van der Waals surface area contributed by atoms with Crippen LogP contribution in [0.5, 0.6) is 5.75 Å². The number of carbonyl (C=O) groups excluding carboxylic acids is 2. The Morgan fingerprint density at radius 1 is 0.808 bits per heavy atom. The molecule has 0 saturated carbocycles. The first-order chi connectivity index (χ1) is 12.0. The standard InChI is InChI=1S/C22H27NO3/c1-21(2,3)16-12-17(22(4,5)6)14-18(13-16)26-20(25)23-19(24)15-10-8-7-9-11-15/h7-14H,1-6H3,(H,23,24,25). The first kappa shape index (κ1) is 19.7. The van der Waals surface area contributed by atoms with Gasteiger partial charge in [-0.2, -0.15) is 0 Å². The van der Waals surface area contributed by atoms with E-state index in [2.05, 4.69) is 52.9 Å². The van der Waals surface area contributed by atoms with E-state index in [0.29, 0.717) is 11.3 Å². The molecule has 0 radical (unpaired) electrons. The minimum atomic E-state index is -0.787. The molecule has 2 aromatic carbocycles. The van der Waals surface area contributed by atoms with Gasteiger partial charge in [0.1, 0.15) is 5.75 Å². The molecule has 0 atom stereocenters. The van der Waals surface area contributed by atoms with Crippen LogP contribution < -0.4 is 10.1 Å². The first-order valence-electron chi connectivity index (χ1n) is 8.71. The lowest BCUT2D eigenvalue weighted by atomic mass is 9.80. The molecule has 0 bridgehead atoms. The summed E-state index contributed by atoms with van der Waals surface area (Å²) in [5, 5.41) is 2.26. The lowest BCUT2D eigenvalue weighted by molar-refractivity contribution is 0.0951. The zero-order valence-corrected chi connectivity index (χ0v) is 16.3. The Kier molecular flexibility index (Phi) is 5.55. The molecule has 1 N–H and O–H groups in total. The van der Waals surface area contributed by atoms with Crippen LogP contribution in [0.25, 0.3) is 0 Å². The second kappa shape index (κ2) is 7.32. The molecule has 0 spiro atoms. The molecule has 2 aromatic rings. The third-order valence-electron chi connectivity index (χ3n) is 4.10. The topological polar surface area (TPSA) is 55.4 Å². The second-order valence-electron chi connectivity index (χ2n) is 8.46. The highest BCUT2D eigenvalue weighted by molar-refractivity contribution is 6.03. The van der Waals surface area contributed by atoms with Crippen molar-refractivity contribution in [3.8, 4) is 5.75 Å². The summed E-state index contributed by atoms with van der Waals surface area (Å²) in [5.41, 5.74) is 2.37. The van der Waals surface area contributed by atoms with Crippen LogP contribution in [-0.2, 0) is 10.8 Å². The molecule has 0 fully saturated rings. The highest BCUT2D eigenvalue weighted by Crippen LogP contribution is 2.32. The summed E-state index contributed by atoms with van der Waals surface area (Å²) in [6, 6.07) is 14.4. The van der Waals surface area contributed by atoms with Gasteiger partial charge in [0.05, 0.1) is 0 Å². The summed E-state index contributed by atoms with van der Waals surface area (Å²) in [6.45, 7) is 12.7. The van der Waals surface area contributed by atoms with Crippen LogP contribution in [0.2, 0.25) is 0 Å². The van der Waals surface area contributed by atoms with Crippen LogP contribution in [0.15, 0.2) is 48.5 Å².